The van der Waals surface area contributed by atoms with E-state index < -0.39 is 11.2 Å². The van der Waals surface area contributed by atoms with Gasteiger partial charge in [-0.15, -0.1) is 0 Å². The smallest absolute Gasteiger partial charge is 0.130 e. The average molecular weight is 288 g/mol. The zero-order chi connectivity index (χ0) is 14.4. The molecule has 0 radical (unpaired) electrons. The number of carboxylic acid groups (broad SMARTS) is 1. The van der Waals surface area contributed by atoms with Gasteiger partial charge in [0.1, 0.15) is 10.8 Å². The second kappa shape index (κ2) is 6.91. The van der Waals surface area contributed by atoms with Crippen LogP contribution in [0.15, 0.2) is 47.8 Å². The van der Waals surface area contributed by atoms with Gasteiger partial charge in [-0.1, -0.05) is 24.8 Å². The fourth-order valence-electron chi connectivity index (χ4n) is 1.59. The van der Waals surface area contributed by atoms with Crippen molar-refractivity contribution < 1.29 is 9.90 Å². The van der Waals surface area contributed by atoms with Crippen molar-refractivity contribution in [2.45, 2.75) is 23.6 Å². The summed E-state index contributed by atoms with van der Waals surface area (Å²) in [6.07, 6.45) is 3.79. The third-order valence-corrected chi connectivity index (χ3v) is 3.95. The van der Waals surface area contributed by atoms with Crippen molar-refractivity contribution in [1.82, 2.24) is 9.97 Å². The van der Waals surface area contributed by atoms with Crippen LogP contribution in [0.2, 0.25) is 0 Å². The van der Waals surface area contributed by atoms with E-state index in [0.717, 1.165) is 5.69 Å². The number of carbonyl (C=O) groups excluding carboxylic acids is 1. The molecule has 0 aromatic carbocycles. The maximum atomic E-state index is 11.0. The standard InChI is InChI=1S/C14H15N3O2S/c1-2-11(14(18)19)20-13-10(6-5-9-16-13)17-12-7-3-4-8-15-12/h3-9,11H,2H2,1H3,(H,15,17)(H,18,19)/p-1/t11-/m1/s1. The molecule has 0 saturated heterocycles. The minimum Gasteiger partial charge on any atom is -0.549 e. The van der Waals surface area contributed by atoms with Gasteiger partial charge in [0, 0.05) is 12.4 Å². The number of carboxylic acids is 1. The van der Waals surface area contributed by atoms with Crippen molar-refractivity contribution in [3.05, 3.63) is 42.7 Å². The van der Waals surface area contributed by atoms with Crippen molar-refractivity contribution in [3.8, 4) is 0 Å². The molecular formula is C14H14N3O2S-. The number of carbonyl (C=O) groups is 1. The lowest BCUT2D eigenvalue weighted by Crippen LogP contribution is -2.33. The Balaban J connectivity index is 2.20. The Morgan fingerprint density at radius 3 is 2.75 bits per heavy atom. The van der Waals surface area contributed by atoms with Crippen LogP contribution in [0.5, 0.6) is 0 Å². The third kappa shape index (κ3) is 3.71. The first kappa shape index (κ1) is 14.3. The number of pyridine rings is 2. The molecule has 0 saturated carbocycles. The number of aliphatic carboxylic acids is 1. The number of aromatic nitrogens is 2. The fraction of sp³-hybridized carbons (Fsp3) is 0.214. The van der Waals surface area contributed by atoms with E-state index in [1.807, 2.05) is 31.2 Å². The van der Waals surface area contributed by atoms with E-state index in [-0.39, 0.29) is 0 Å². The van der Waals surface area contributed by atoms with E-state index in [1.54, 1.807) is 18.5 Å². The summed E-state index contributed by atoms with van der Waals surface area (Å²) in [7, 11) is 0. The van der Waals surface area contributed by atoms with Crippen LogP contribution in [-0.2, 0) is 4.79 Å². The average Bonchev–Trinajstić information content (AvgIpc) is 2.47. The first-order valence-electron chi connectivity index (χ1n) is 6.21. The molecule has 0 aliphatic heterocycles. The number of anilines is 2. The number of hydrogen-bond acceptors (Lipinski definition) is 6. The number of nitrogens with one attached hydrogen (secondary N) is 1. The van der Waals surface area contributed by atoms with Gasteiger partial charge in [0.2, 0.25) is 0 Å². The molecule has 0 spiro atoms. The molecule has 0 amide bonds. The predicted molar refractivity (Wildman–Crippen MR) is 76.7 cm³/mol. The first-order chi connectivity index (χ1) is 9.70. The maximum Gasteiger partial charge on any atom is 0.130 e. The molecule has 0 fully saturated rings. The third-order valence-electron chi connectivity index (χ3n) is 2.59. The highest BCUT2D eigenvalue weighted by atomic mass is 32.2. The van der Waals surface area contributed by atoms with Crippen LogP contribution in [0.3, 0.4) is 0 Å². The molecule has 0 aliphatic rings. The SMILES string of the molecule is CC[C@@H](Sc1ncccc1Nc1ccccn1)C(=O)[O-]. The summed E-state index contributed by atoms with van der Waals surface area (Å²) in [5.41, 5.74) is 0.732. The summed E-state index contributed by atoms with van der Waals surface area (Å²) in [6, 6.07) is 9.15. The summed E-state index contributed by atoms with van der Waals surface area (Å²) < 4.78 is 0. The number of hydrogen-bond donors (Lipinski definition) is 1. The summed E-state index contributed by atoms with van der Waals surface area (Å²) in [5, 5.41) is 14.1. The molecule has 0 aliphatic carbocycles. The van der Waals surface area contributed by atoms with Crippen LogP contribution in [0.25, 0.3) is 0 Å². The molecule has 6 heteroatoms. The summed E-state index contributed by atoms with van der Waals surface area (Å²) in [6.45, 7) is 1.81. The van der Waals surface area contributed by atoms with E-state index in [0.29, 0.717) is 17.3 Å². The van der Waals surface area contributed by atoms with Gasteiger partial charge in [-0.2, -0.15) is 0 Å². The number of nitrogens with zero attached hydrogens (tertiary/aromatic N) is 2. The van der Waals surface area contributed by atoms with Gasteiger partial charge in [-0.05, 0) is 30.7 Å². The minimum atomic E-state index is -1.08. The van der Waals surface area contributed by atoms with Crippen LogP contribution in [0, 0.1) is 0 Å². The van der Waals surface area contributed by atoms with Crippen molar-refractivity contribution >= 4 is 29.2 Å². The van der Waals surface area contributed by atoms with Crippen LogP contribution in [-0.4, -0.2) is 21.2 Å². The molecular weight excluding hydrogens is 274 g/mol. The molecule has 0 unspecified atom stereocenters. The highest BCUT2D eigenvalue weighted by Crippen LogP contribution is 2.30. The topological polar surface area (TPSA) is 77.9 Å². The van der Waals surface area contributed by atoms with Crippen LogP contribution >= 0.6 is 11.8 Å². The monoisotopic (exact) mass is 288 g/mol. The Hall–Kier alpha value is -2.08. The van der Waals surface area contributed by atoms with Gasteiger partial charge < -0.3 is 15.2 Å². The van der Waals surface area contributed by atoms with Crippen molar-refractivity contribution in [3.63, 3.8) is 0 Å². The largest absolute Gasteiger partial charge is 0.549 e. The molecule has 2 aromatic heterocycles. The lowest BCUT2D eigenvalue weighted by molar-refractivity contribution is -0.304. The Labute approximate surface area is 121 Å². The predicted octanol–water partition coefficient (Wildman–Crippen LogP) is 1.84. The Morgan fingerprint density at radius 2 is 2.10 bits per heavy atom. The van der Waals surface area contributed by atoms with E-state index in [1.165, 1.54) is 11.8 Å². The van der Waals surface area contributed by atoms with Gasteiger partial charge in [-0.25, -0.2) is 9.97 Å². The van der Waals surface area contributed by atoms with E-state index in [4.69, 9.17) is 0 Å². The van der Waals surface area contributed by atoms with Crippen molar-refractivity contribution in [2.24, 2.45) is 0 Å². The van der Waals surface area contributed by atoms with Gasteiger partial charge in [-0.3, -0.25) is 0 Å². The second-order valence-corrected chi connectivity index (χ2v) is 5.22. The quantitative estimate of drug-likeness (QED) is 0.817. The highest BCUT2D eigenvalue weighted by Gasteiger charge is 2.13. The molecule has 2 heterocycles. The summed E-state index contributed by atoms with van der Waals surface area (Å²) in [5.74, 6) is -0.393. The van der Waals surface area contributed by atoms with Crippen LogP contribution < -0.4 is 10.4 Å². The molecule has 1 N–H and O–H groups in total. The molecule has 20 heavy (non-hydrogen) atoms. The Bertz CT molecular complexity index is 578. The first-order valence-corrected chi connectivity index (χ1v) is 7.09. The molecule has 1 atom stereocenters. The lowest BCUT2D eigenvalue weighted by Gasteiger charge is -2.17. The Morgan fingerprint density at radius 1 is 1.30 bits per heavy atom. The van der Waals surface area contributed by atoms with Crippen molar-refractivity contribution in [1.29, 1.82) is 0 Å². The lowest BCUT2D eigenvalue weighted by atomic mass is 10.3. The Kier molecular flexibility index (Phi) is 4.95. The summed E-state index contributed by atoms with van der Waals surface area (Å²) in [4.78, 5) is 19.4. The van der Waals surface area contributed by atoms with Gasteiger partial charge in [0.15, 0.2) is 0 Å². The van der Waals surface area contributed by atoms with E-state index in [2.05, 4.69) is 15.3 Å². The summed E-state index contributed by atoms with van der Waals surface area (Å²) >= 11 is 1.18. The molecule has 0 bridgehead atoms. The normalized spacial score (nSPS) is 11.8. The van der Waals surface area contributed by atoms with Crippen molar-refractivity contribution in [2.75, 3.05) is 5.32 Å². The van der Waals surface area contributed by atoms with Crippen LogP contribution in [0.4, 0.5) is 11.5 Å². The van der Waals surface area contributed by atoms with Gasteiger partial charge >= 0.3 is 0 Å². The van der Waals surface area contributed by atoms with Gasteiger partial charge in [0.05, 0.1) is 16.9 Å². The zero-order valence-electron chi connectivity index (χ0n) is 10.9. The zero-order valence-corrected chi connectivity index (χ0v) is 11.8. The molecule has 5 nitrogen and oxygen atoms in total. The number of thioether (sulfide) groups is 1. The minimum absolute atomic E-state index is 0.479. The van der Waals surface area contributed by atoms with Crippen LogP contribution in [0.1, 0.15) is 13.3 Å². The number of rotatable bonds is 6. The molecule has 2 aromatic rings. The van der Waals surface area contributed by atoms with E-state index in [9.17, 15) is 9.90 Å². The molecule has 2 rings (SSSR count). The van der Waals surface area contributed by atoms with E-state index >= 15 is 0 Å². The molecule has 104 valence electrons. The second-order valence-electron chi connectivity index (χ2n) is 4.03. The highest BCUT2D eigenvalue weighted by molar-refractivity contribution is 8.00. The fourth-order valence-corrected chi connectivity index (χ4v) is 2.49. The van der Waals surface area contributed by atoms with Gasteiger partial charge in [0.25, 0.3) is 0 Å². The maximum absolute atomic E-state index is 11.0.